The first kappa shape index (κ1) is 16.5. The van der Waals surface area contributed by atoms with Gasteiger partial charge >= 0.3 is 5.97 Å². The lowest BCUT2D eigenvalue weighted by molar-refractivity contribution is 0.0528. The number of rotatable bonds is 4. The van der Waals surface area contributed by atoms with Crippen molar-refractivity contribution in [2.75, 3.05) is 13.7 Å². The molecule has 1 heterocycles. The van der Waals surface area contributed by atoms with Crippen molar-refractivity contribution in [2.24, 2.45) is 0 Å². The zero-order chi connectivity index (χ0) is 17.1. The lowest BCUT2D eigenvalue weighted by Crippen LogP contribution is -2.06. The lowest BCUT2D eigenvalue weighted by Gasteiger charge is -2.10. The lowest BCUT2D eigenvalue weighted by atomic mass is 10.0. The summed E-state index contributed by atoms with van der Waals surface area (Å²) in [4.78, 5) is 17.0. The molecule has 0 unspecified atom stereocenters. The van der Waals surface area contributed by atoms with E-state index in [1.54, 1.807) is 20.1 Å². The van der Waals surface area contributed by atoms with Gasteiger partial charge in [-0.2, -0.15) is 0 Å². The number of ether oxygens (including phenoxy) is 2. The third kappa shape index (κ3) is 3.26. The molecule has 0 spiro atoms. The highest BCUT2D eigenvalue weighted by Gasteiger charge is 2.15. The SMILES string of the molecule is CCOC(=O)c1cc(-c2ccc(OC)cc2)nc2ccc(Br)cc12. The Kier molecular flexibility index (Phi) is 4.81. The molecule has 3 rings (SSSR count). The van der Waals surface area contributed by atoms with Crippen molar-refractivity contribution in [3.05, 3.63) is 58.6 Å². The van der Waals surface area contributed by atoms with E-state index in [1.807, 2.05) is 42.5 Å². The van der Waals surface area contributed by atoms with Crippen molar-refractivity contribution in [3.8, 4) is 17.0 Å². The Hall–Kier alpha value is -2.40. The maximum atomic E-state index is 12.4. The van der Waals surface area contributed by atoms with Crippen LogP contribution in [0.4, 0.5) is 0 Å². The van der Waals surface area contributed by atoms with Gasteiger partial charge in [-0.3, -0.25) is 0 Å². The van der Waals surface area contributed by atoms with Crippen molar-refractivity contribution in [2.45, 2.75) is 6.92 Å². The van der Waals surface area contributed by atoms with Crippen molar-refractivity contribution in [1.29, 1.82) is 0 Å². The second-order valence-electron chi connectivity index (χ2n) is 5.17. The summed E-state index contributed by atoms with van der Waals surface area (Å²) in [5, 5.41) is 0.764. The van der Waals surface area contributed by atoms with E-state index in [4.69, 9.17) is 9.47 Å². The first-order valence-corrected chi connectivity index (χ1v) is 8.33. The standard InChI is InChI=1S/C19H16BrNO3/c1-3-24-19(22)16-11-18(12-4-7-14(23-2)8-5-12)21-17-9-6-13(20)10-15(16)17/h4-11H,3H2,1-2H3. The van der Waals surface area contributed by atoms with Gasteiger partial charge in [0.05, 0.1) is 30.5 Å². The van der Waals surface area contributed by atoms with Gasteiger partial charge in [-0.1, -0.05) is 15.9 Å². The molecule has 5 heteroatoms. The number of esters is 1. The number of fused-ring (bicyclic) bond motifs is 1. The van der Waals surface area contributed by atoms with Crippen molar-refractivity contribution >= 4 is 32.8 Å². The number of aromatic nitrogens is 1. The number of benzene rings is 2. The van der Waals surface area contributed by atoms with Crippen LogP contribution in [0.25, 0.3) is 22.2 Å². The molecule has 0 fully saturated rings. The predicted molar refractivity (Wildman–Crippen MR) is 97.4 cm³/mol. The van der Waals surface area contributed by atoms with Gasteiger partial charge in [0.15, 0.2) is 0 Å². The summed E-state index contributed by atoms with van der Waals surface area (Å²) >= 11 is 3.44. The van der Waals surface area contributed by atoms with E-state index in [2.05, 4.69) is 20.9 Å². The number of halogens is 1. The minimum Gasteiger partial charge on any atom is -0.497 e. The zero-order valence-corrected chi connectivity index (χ0v) is 15.0. The van der Waals surface area contributed by atoms with Crippen LogP contribution < -0.4 is 4.74 Å². The Morgan fingerprint density at radius 1 is 1.12 bits per heavy atom. The van der Waals surface area contributed by atoms with Crippen LogP contribution in [0.2, 0.25) is 0 Å². The Morgan fingerprint density at radius 3 is 2.54 bits per heavy atom. The second-order valence-corrected chi connectivity index (χ2v) is 6.08. The topological polar surface area (TPSA) is 48.4 Å². The average molecular weight is 386 g/mol. The highest BCUT2D eigenvalue weighted by atomic mass is 79.9. The van der Waals surface area contributed by atoms with E-state index in [0.717, 1.165) is 32.4 Å². The van der Waals surface area contributed by atoms with Gasteiger partial charge in [-0.15, -0.1) is 0 Å². The van der Waals surface area contributed by atoms with Gasteiger partial charge in [0.25, 0.3) is 0 Å². The van der Waals surface area contributed by atoms with E-state index < -0.39 is 0 Å². The van der Waals surface area contributed by atoms with Gasteiger partial charge in [0.1, 0.15) is 5.75 Å². The second kappa shape index (κ2) is 7.01. The molecule has 2 aromatic carbocycles. The molecule has 0 N–H and O–H groups in total. The Labute approximate surface area is 148 Å². The normalized spacial score (nSPS) is 10.6. The smallest absolute Gasteiger partial charge is 0.338 e. The summed E-state index contributed by atoms with van der Waals surface area (Å²) in [6.07, 6.45) is 0. The molecule has 24 heavy (non-hydrogen) atoms. The molecule has 1 aromatic heterocycles. The van der Waals surface area contributed by atoms with Gasteiger partial charge in [0.2, 0.25) is 0 Å². The van der Waals surface area contributed by atoms with Crippen LogP contribution >= 0.6 is 15.9 Å². The van der Waals surface area contributed by atoms with Crippen LogP contribution in [-0.2, 0) is 4.74 Å². The molecule has 0 aliphatic carbocycles. The number of carbonyl (C=O) groups excluding carboxylic acids is 1. The molecular weight excluding hydrogens is 370 g/mol. The quantitative estimate of drug-likeness (QED) is 0.602. The van der Waals surface area contributed by atoms with Gasteiger partial charge in [-0.05, 0) is 55.5 Å². The van der Waals surface area contributed by atoms with Crippen molar-refractivity contribution in [1.82, 2.24) is 4.98 Å². The predicted octanol–water partition coefficient (Wildman–Crippen LogP) is 4.85. The monoisotopic (exact) mass is 385 g/mol. The average Bonchev–Trinajstić information content (AvgIpc) is 2.61. The Bertz CT molecular complexity index is 891. The fraction of sp³-hybridized carbons (Fsp3) is 0.158. The van der Waals surface area contributed by atoms with Crippen LogP contribution in [-0.4, -0.2) is 24.7 Å². The van der Waals surface area contributed by atoms with E-state index in [9.17, 15) is 4.79 Å². The highest BCUT2D eigenvalue weighted by molar-refractivity contribution is 9.10. The highest BCUT2D eigenvalue weighted by Crippen LogP contribution is 2.28. The summed E-state index contributed by atoms with van der Waals surface area (Å²) < 4.78 is 11.3. The third-order valence-corrected chi connectivity index (χ3v) is 4.15. The van der Waals surface area contributed by atoms with E-state index in [0.29, 0.717) is 12.2 Å². The van der Waals surface area contributed by atoms with Crippen molar-refractivity contribution < 1.29 is 14.3 Å². The third-order valence-electron chi connectivity index (χ3n) is 3.65. The number of nitrogens with zero attached hydrogens (tertiary/aromatic N) is 1. The van der Waals surface area contributed by atoms with Crippen LogP contribution in [0, 0.1) is 0 Å². The van der Waals surface area contributed by atoms with E-state index >= 15 is 0 Å². The summed E-state index contributed by atoms with van der Waals surface area (Å²) in [7, 11) is 1.63. The fourth-order valence-corrected chi connectivity index (χ4v) is 2.85. The number of methoxy groups -OCH3 is 1. The van der Waals surface area contributed by atoms with Gasteiger partial charge in [0, 0.05) is 15.4 Å². The van der Waals surface area contributed by atoms with Crippen LogP contribution in [0.5, 0.6) is 5.75 Å². The molecule has 0 saturated heterocycles. The molecule has 0 bridgehead atoms. The summed E-state index contributed by atoms with van der Waals surface area (Å²) in [5.41, 5.74) is 2.88. The molecule has 0 saturated carbocycles. The Balaban J connectivity index is 2.18. The molecule has 3 aromatic rings. The minimum atomic E-state index is -0.349. The number of pyridine rings is 1. The molecule has 0 aliphatic rings. The molecular formula is C19H16BrNO3. The fourth-order valence-electron chi connectivity index (χ4n) is 2.49. The zero-order valence-electron chi connectivity index (χ0n) is 13.4. The first-order valence-electron chi connectivity index (χ1n) is 7.54. The summed E-state index contributed by atoms with van der Waals surface area (Å²) in [5.74, 6) is 0.423. The molecule has 0 aliphatic heterocycles. The van der Waals surface area contributed by atoms with E-state index in [-0.39, 0.29) is 5.97 Å². The largest absolute Gasteiger partial charge is 0.497 e. The van der Waals surface area contributed by atoms with Crippen LogP contribution in [0.3, 0.4) is 0 Å². The number of hydrogen-bond donors (Lipinski definition) is 0. The Morgan fingerprint density at radius 2 is 1.88 bits per heavy atom. The van der Waals surface area contributed by atoms with Crippen LogP contribution in [0.1, 0.15) is 17.3 Å². The van der Waals surface area contributed by atoms with Gasteiger partial charge < -0.3 is 9.47 Å². The number of hydrogen-bond acceptors (Lipinski definition) is 4. The molecule has 0 radical (unpaired) electrons. The molecule has 122 valence electrons. The summed E-state index contributed by atoms with van der Waals surface area (Å²) in [6, 6.07) is 15.0. The number of carbonyl (C=O) groups is 1. The maximum absolute atomic E-state index is 12.4. The molecule has 0 atom stereocenters. The molecule has 4 nitrogen and oxygen atoms in total. The summed E-state index contributed by atoms with van der Waals surface area (Å²) in [6.45, 7) is 2.12. The van der Waals surface area contributed by atoms with Gasteiger partial charge in [-0.25, -0.2) is 9.78 Å². The molecule has 0 amide bonds. The minimum absolute atomic E-state index is 0.328. The van der Waals surface area contributed by atoms with Crippen molar-refractivity contribution in [3.63, 3.8) is 0 Å². The van der Waals surface area contributed by atoms with Crippen LogP contribution in [0.15, 0.2) is 53.0 Å². The maximum Gasteiger partial charge on any atom is 0.338 e. The van der Waals surface area contributed by atoms with E-state index in [1.165, 1.54) is 0 Å². The first-order chi connectivity index (χ1) is 11.6.